The van der Waals surface area contributed by atoms with Gasteiger partial charge < -0.3 is 11.1 Å². The molecule has 1 amide bonds. The Labute approximate surface area is 122 Å². The van der Waals surface area contributed by atoms with Crippen LogP contribution in [0.3, 0.4) is 0 Å². The summed E-state index contributed by atoms with van der Waals surface area (Å²) in [6.07, 6.45) is 2.34. The van der Waals surface area contributed by atoms with Gasteiger partial charge in [-0.2, -0.15) is 0 Å². The van der Waals surface area contributed by atoms with Crippen molar-refractivity contribution in [3.05, 3.63) is 52.0 Å². The number of rotatable bonds is 5. The van der Waals surface area contributed by atoms with Gasteiger partial charge in [0, 0.05) is 11.9 Å². The van der Waals surface area contributed by atoms with Crippen LogP contribution in [-0.2, 0) is 6.54 Å². The van der Waals surface area contributed by atoms with Gasteiger partial charge in [-0.15, -0.1) is 11.3 Å². The molecular weight excluding hydrogens is 270 g/mol. The zero-order chi connectivity index (χ0) is 13.9. The molecule has 1 atom stereocenters. The highest BCUT2D eigenvalue weighted by molar-refractivity contribution is 7.09. The summed E-state index contributed by atoms with van der Waals surface area (Å²) in [5.41, 5.74) is 7.16. The minimum atomic E-state index is -0.110. The van der Waals surface area contributed by atoms with Crippen LogP contribution in [-0.4, -0.2) is 10.9 Å². The third-order valence-corrected chi connectivity index (χ3v) is 4.37. The molecule has 0 spiro atoms. The molecule has 1 saturated carbocycles. The van der Waals surface area contributed by atoms with Crippen molar-refractivity contribution in [3.8, 4) is 0 Å². The Kier molecular flexibility index (Phi) is 3.80. The van der Waals surface area contributed by atoms with E-state index in [1.54, 1.807) is 5.38 Å². The standard InChI is InChI=1S/C15H17N3OS/c16-8-13-17-12(9-20-13)15(19)18-14(11-6-7-11)10-4-2-1-3-5-10/h1-5,9,11,14H,6-8,16H2,(H,18,19). The summed E-state index contributed by atoms with van der Waals surface area (Å²) in [4.78, 5) is 16.5. The molecule has 5 heteroatoms. The molecule has 1 fully saturated rings. The number of amides is 1. The van der Waals surface area contributed by atoms with E-state index in [2.05, 4.69) is 22.4 Å². The third kappa shape index (κ3) is 2.89. The van der Waals surface area contributed by atoms with Crippen molar-refractivity contribution < 1.29 is 4.79 Å². The topological polar surface area (TPSA) is 68.0 Å². The number of benzene rings is 1. The molecule has 0 bridgehead atoms. The molecule has 1 unspecified atom stereocenters. The van der Waals surface area contributed by atoms with E-state index in [9.17, 15) is 4.79 Å². The monoisotopic (exact) mass is 287 g/mol. The highest BCUT2D eigenvalue weighted by atomic mass is 32.1. The predicted molar refractivity (Wildman–Crippen MR) is 79.4 cm³/mol. The van der Waals surface area contributed by atoms with Crippen LogP contribution in [0.4, 0.5) is 0 Å². The zero-order valence-electron chi connectivity index (χ0n) is 11.1. The predicted octanol–water partition coefficient (Wildman–Crippen LogP) is 2.48. The fraction of sp³-hybridized carbons (Fsp3) is 0.333. The summed E-state index contributed by atoms with van der Waals surface area (Å²) >= 11 is 1.43. The van der Waals surface area contributed by atoms with E-state index >= 15 is 0 Å². The van der Waals surface area contributed by atoms with Crippen LogP contribution in [0.2, 0.25) is 0 Å². The molecule has 3 rings (SSSR count). The SMILES string of the molecule is NCc1nc(C(=O)NC(c2ccccc2)C2CC2)cs1. The molecule has 20 heavy (non-hydrogen) atoms. The summed E-state index contributed by atoms with van der Waals surface area (Å²) in [7, 11) is 0. The van der Waals surface area contributed by atoms with Gasteiger partial charge in [-0.1, -0.05) is 30.3 Å². The average Bonchev–Trinajstić information content (AvgIpc) is 3.21. The number of nitrogens with zero attached hydrogens (tertiary/aromatic N) is 1. The number of thiazole rings is 1. The number of hydrogen-bond acceptors (Lipinski definition) is 4. The largest absolute Gasteiger partial charge is 0.344 e. The summed E-state index contributed by atoms with van der Waals surface area (Å²) in [5, 5.41) is 5.67. The molecule has 0 aliphatic heterocycles. The molecule has 1 heterocycles. The van der Waals surface area contributed by atoms with Gasteiger partial charge in [0.25, 0.3) is 5.91 Å². The Hall–Kier alpha value is -1.72. The van der Waals surface area contributed by atoms with E-state index in [-0.39, 0.29) is 11.9 Å². The van der Waals surface area contributed by atoms with E-state index in [0.29, 0.717) is 18.2 Å². The first-order valence-electron chi connectivity index (χ1n) is 6.78. The minimum Gasteiger partial charge on any atom is -0.344 e. The molecule has 2 aromatic rings. The van der Waals surface area contributed by atoms with Crippen LogP contribution in [0.15, 0.2) is 35.7 Å². The van der Waals surface area contributed by atoms with Crippen LogP contribution >= 0.6 is 11.3 Å². The Morgan fingerprint density at radius 2 is 2.15 bits per heavy atom. The van der Waals surface area contributed by atoms with Crippen LogP contribution in [0.25, 0.3) is 0 Å². The second-order valence-corrected chi connectivity index (χ2v) is 5.97. The molecule has 0 radical (unpaired) electrons. The Morgan fingerprint density at radius 3 is 2.75 bits per heavy atom. The molecule has 1 aromatic carbocycles. The normalized spacial score (nSPS) is 15.8. The van der Waals surface area contributed by atoms with Crippen molar-refractivity contribution >= 4 is 17.2 Å². The summed E-state index contributed by atoms with van der Waals surface area (Å²) < 4.78 is 0. The minimum absolute atomic E-state index is 0.0896. The third-order valence-electron chi connectivity index (χ3n) is 3.50. The van der Waals surface area contributed by atoms with Gasteiger partial charge in [0.2, 0.25) is 0 Å². The van der Waals surface area contributed by atoms with Gasteiger partial charge in [0.1, 0.15) is 10.7 Å². The first-order chi connectivity index (χ1) is 9.78. The van der Waals surface area contributed by atoms with E-state index in [0.717, 1.165) is 10.6 Å². The first kappa shape index (κ1) is 13.3. The second-order valence-electron chi connectivity index (χ2n) is 5.03. The number of nitrogens with one attached hydrogen (secondary N) is 1. The highest BCUT2D eigenvalue weighted by Gasteiger charge is 2.33. The Bertz CT molecular complexity index is 592. The van der Waals surface area contributed by atoms with Crippen molar-refractivity contribution in [1.29, 1.82) is 0 Å². The van der Waals surface area contributed by atoms with Gasteiger partial charge in [-0.05, 0) is 24.3 Å². The van der Waals surface area contributed by atoms with E-state index < -0.39 is 0 Å². The zero-order valence-corrected chi connectivity index (χ0v) is 11.9. The Morgan fingerprint density at radius 1 is 1.40 bits per heavy atom. The summed E-state index contributed by atoms with van der Waals surface area (Å²) in [5.74, 6) is 0.440. The fourth-order valence-corrected chi connectivity index (χ4v) is 2.94. The number of carbonyl (C=O) groups is 1. The first-order valence-corrected chi connectivity index (χ1v) is 7.66. The van der Waals surface area contributed by atoms with E-state index in [4.69, 9.17) is 5.73 Å². The molecule has 104 valence electrons. The van der Waals surface area contributed by atoms with Crippen molar-refractivity contribution in [2.45, 2.75) is 25.4 Å². The second kappa shape index (κ2) is 5.73. The van der Waals surface area contributed by atoms with Crippen molar-refractivity contribution in [3.63, 3.8) is 0 Å². The quantitative estimate of drug-likeness (QED) is 0.887. The Balaban J connectivity index is 1.75. The molecule has 3 N–H and O–H groups in total. The van der Waals surface area contributed by atoms with Crippen molar-refractivity contribution in [1.82, 2.24) is 10.3 Å². The molecule has 1 aliphatic rings. The van der Waals surface area contributed by atoms with Gasteiger partial charge >= 0.3 is 0 Å². The van der Waals surface area contributed by atoms with Crippen LogP contribution < -0.4 is 11.1 Å². The van der Waals surface area contributed by atoms with Gasteiger partial charge in [0.05, 0.1) is 6.04 Å². The smallest absolute Gasteiger partial charge is 0.271 e. The molecule has 4 nitrogen and oxygen atoms in total. The number of nitrogens with two attached hydrogens (primary N) is 1. The summed E-state index contributed by atoms with van der Waals surface area (Å²) in [6.45, 7) is 0.378. The lowest BCUT2D eigenvalue weighted by Gasteiger charge is -2.18. The molecule has 0 saturated heterocycles. The maximum Gasteiger partial charge on any atom is 0.271 e. The van der Waals surface area contributed by atoms with Crippen LogP contribution in [0.5, 0.6) is 0 Å². The van der Waals surface area contributed by atoms with Gasteiger partial charge in [-0.25, -0.2) is 4.98 Å². The van der Waals surface area contributed by atoms with Gasteiger partial charge in [0.15, 0.2) is 0 Å². The molecule has 1 aliphatic carbocycles. The van der Waals surface area contributed by atoms with E-state index in [1.165, 1.54) is 24.2 Å². The molecule has 1 aromatic heterocycles. The highest BCUT2D eigenvalue weighted by Crippen LogP contribution is 2.41. The lowest BCUT2D eigenvalue weighted by Crippen LogP contribution is -2.30. The summed E-state index contributed by atoms with van der Waals surface area (Å²) in [6, 6.07) is 10.2. The molecular formula is C15H17N3OS. The van der Waals surface area contributed by atoms with Gasteiger partial charge in [-0.3, -0.25) is 4.79 Å². The van der Waals surface area contributed by atoms with Crippen molar-refractivity contribution in [2.24, 2.45) is 11.7 Å². The number of aromatic nitrogens is 1. The lowest BCUT2D eigenvalue weighted by molar-refractivity contribution is 0.0927. The van der Waals surface area contributed by atoms with E-state index in [1.807, 2.05) is 18.2 Å². The fourth-order valence-electron chi connectivity index (χ4n) is 2.29. The van der Waals surface area contributed by atoms with Crippen LogP contribution in [0, 0.1) is 5.92 Å². The number of carbonyl (C=O) groups excluding carboxylic acids is 1. The number of hydrogen-bond donors (Lipinski definition) is 2. The maximum absolute atomic E-state index is 12.3. The maximum atomic E-state index is 12.3. The average molecular weight is 287 g/mol. The lowest BCUT2D eigenvalue weighted by atomic mass is 10.0. The van der Waals surface area contributed by atoms with Crippen LogP contribution in [0.1, 0.15) is 39.9 Å². The van der Waals surface area contributed by atoms with Crippen molar-refractivity contribution in [2.75, 3.05) is 0 Å².